The van der Waals surface area contributed by atoms with E-state index in [1.165, 1.54) is 0 Å². The van der Waals surface area contributed by atoms with E-state index in [9.17, 15) is 14.4 Å². The van der Waals surface area contributed by atoms with Crippen molar-refractivity contribution in [2.75, 3.05) is 0 Å². The molecule has 0 bridgehead atoms. The Morgan fingerprint density at radius 3 is 1.31 bits per heavy atom. The van der Waals surface area contributed by atoms with Crippen LogP contribution in [0, 0.1) is 0 Å². The molecule has 0 aliphatic rings. The third kappa shape index (κ3) is 8.89. The van der Waals surface area contributed by atoms with E-state index in [-0.39, 0.29) is 47.4 Å². The average molecular weight is 271 g/mol. The number of hydrogen-bond acceptors (Lipinski definition) is 4. The van der Waals surface area contributed by atoms with Gasteiger partial charge in [-0.15, -0.1) is 12.4 Å². The van der Waals surface area contributed by atoms with Crippen molar-refractivity contribution >= 4 is 59.9 Å². The summed E-state index contributed by atoms with van der Waals surface area (Å²) in [5.41, 5.74) is -2.74. The van der Waals surface area contributed by atoms with Crippen molar-refractivity contribution < 1.29 is 40.3 Å². The molecular weight excluding hydrogens is 259 g/mol. The van der Waals surface area contributed by atoms with E-state index < -0.39 is 36.4 Å². The predicted molar refractivity (Wildman–Crippen MR) is 55.1 cm³/mol. The van der Waals surface area contributed by atoms with Gasteiger partial charge in [0.1, 0.15) is 0 Å². The molecule has 0 unspecified atom stereocenters. The molecule has 0 aliphatic carbocycles. The third-order valence-corrected chi connectivity index (χ3v) is 1.29. The van der Waals surface area contributed by atoms with Crippen LogP contribution in [0.3, 0.4) is 0 Å². The minimum absolute atomic E-state index is 0. The van der Waals surface area contributed by atoms with Crippen molar-refractivity contribution in [2.45, 2.75) is 18.4 Å². The van der Waals surface area contributed by atoms with Gasteiger partial charge in [0.05, 0.1) is 12.8 Å². The van der Waals surface area contributed by atoms with Crippen molar-refractivity contribution in [1.29, 1.82) is 0 Å². The van der Waals surface area contributed by atoms with E-state index in [1.54, 1.807) is 0 Å². The van der Waals surface area contributed by atoms with Gasteiger partial charge in [0.2, 0.25) is 0 Å². The first-order valence-electron chi connectivity index (χ1n) is 3.17. The van der Waals surface area contributed by atoms with Crippen LogP contribution in [0.15, 0.2) is 0 Å². The maximum atomic E-state index is 10.3. The SMILES string of the molecule is Cl.O.O=C(O)CC(O)(CC(=O)O)C(=O)O.[NaH]. The summed E-state index contributed by atoms with van der Waals surface area (Å²) in [6.07, 6.45) is -2.29. The van der Waals surface area contributed by atoms with Gasteiger partial charge in [-0.3, -0.25) is 9.59 Å². The zero-order valence-electron chi connectivity index (χ0n) is 7.34. The molecule has 0 aromatic carbocycles. The number of carbonyl (C=O) groups is 3. The molecule has 0 fully saturated rings. The van der Waals surface area contributed by atoms with Gasteiger partial charge in [-0.1, -0.05) is 0 Å². The van der Waals surface area contributed by atoms with E-state index in [0.29, 0.717) is 0 Å². The molecule has 0 saturated heterocycles. The molecule has 10 heteroatoms. The molecule has 0 radical (unpaired) electrons. The zero-order chi connectivity index (χ0) is 10.6. The minimum atomic E-state index is -2.74. The van der Waals surface area contributed by atoms with E-state index in [4.69, 9.17) is 20.4 Å². The van der Waals surface area contributed by atoms with E-state index in [0.717, 1.165) is 0 Å². The molecule has 0 saturated carbocycles. The monoisotopic (exact) mass is 270 g/mol. The number of carboxylic acid groups (broad SMARTS) is 3. The second kappa shape index (κ2) is 9.82. The van der Waals surface area contributed by atoms with Gasteiger partial charge in [-0.25, -0.2) is 4.79 Å². The summed E-state index contributed by atoms with van der Waals surface area (Å²) < 4.78 is 0. The van der Waals surface area contributed by atoms with Crippen molar-refractivity contribution in [3.05, 3.63) is 0 Å². The molecule has 16 heavy (non-hydrogen) atoms. The number of rotatable bonds is 5. The van der Waals surface area contributed by atoms with Crippen LogP contribution in [0.1, 0.15) is 12.8 Å². The molecule has 0 heterocycles. The number of aliphatic carboxylic acids is 3. The predicted octanol–water partition coefficient (Wildman–Crippen LogP) is -2.30. The van der Waals surface area contributed by atoms with Crippen LogP contribution in [0.5, 0.6) is 0 Å². The molecule has 0 aliphatic heterocycles. The van der Waals surface area contributed by atoms with Gasteiger partial charge >= 0.3 is 47.5 Å². The quantitative estimate of drug-likeness (QED) is 0.408. The first-order chi connectivity index (χ1) is 5.78. The first-order valence-corrected chi connectivity index (χ1v) is 3.17. The van der Waals surface area contributed by atoms with Gasteiger partial charge in [-0.05, 0) is 0 Å². The molecular formula is C6H12ClNaO8. The Balaban J connectivity index is -0.000000240. The Bertz CT molecular complexity index is 239. The number of halogens is 1. The molecule has 8 nitrogen and oxygen atoms in total. The molecule has 0 atom stereocenters. The van der Waals surface area contributed by atoms with Crippen LogP contribution in [-0.2, 0) is 14.4 Å². The van der Waals surface area contributed by atoms with Crippen molar-refractivity contribution in [2.24, 2.45) is 0 Å². The fraction of sp³-hybridized carbons (Fsp3) is 0.500. The van der Waals surface area contributed by atoms with Gasteiger partial charge in [0.25, 0.3) is 0 Å². The fourth-order valence-corrected chi connectivity index (χ4v) is 0.714. The van der Waals surface area contributed by atoms with Crippen LogP contribution >= 0.6 is 12.4 Å². The zero-order valence-corrected chi connectivity index (χ0v) is 8.15. The first kappa shape index (κ1) is 24.7. The number of hydrogen-bond donors (Lipinski definition) is 4. The Labute approximate surface area is 118 Å². The van der Waals surface area contributed by atoms with Crippen LogP contribution in [0.25, 0.3) is 0 Å². The van der Waals surface area contributed by atoms with Gasteiger partial charge in [0, 0.05) is 0 Å². The second-order valence-electron chi connectivity index (χ2n) is 2.48. The Hall–Kier alpha value is -0.380. The fourth-order valence-electron chi connectivity index (χ4n) is 0.714. The van der Waals surface area contributed by atoms with Crippen molar-refractivity contribution in [3.63, 3.8) is 0 Å². The maximum absolute atomic E-state index is 10.3. The van der Waals surface area contributed by atoms with Crippen LogP contribution in [-0.4, -0.2) is 79.0 Å². The summed E-state index contributed by atoms with van der Waals surface area (Å²) in [4.78, 5) is 30.5. The standard InChI is InChI=1S/C6H8O7.ClH.Na.H2O.H/c7-3(8)1-6(13,5(11)12)2-4(9)10;;;;/h13H,1-2H2,(H,7,8)(H,9,10)(H,11,12);1H;;1H2;. The molecule has 0 rings (SSSR count). The van der Waals surface area contributed by atoms with Gasteiger partial charge in [0.15, 0.2) is 5.60 Å². The molecule has 6 N–H and O–H groups in total. The summed E-state index contributed by atoms with van der Waals surface area (Å²) in [6, 6.07) is 0. The molecule has 0 aromatic heterocycles. The Morgan fingerprint density at radius 1 is 0.938 bits per heavy atom. The summed E-state index contributed by atoms with van der Waals surface area (Å²) >= 11 is 0. The van der Waals surface area contributed by atoms with Crippen LogP contribution in [0.4, 0.5) is 0 Å². The van der Waals surface area contributed by atoms with E-state index >= 15 is 0 Å². The topological polar surface area (TPSA) is 164 Å². The molecule has 0 spiro atoms. The average Bonchev–Trinajstić information content (AvgIpc) is 1.82. The summed E-state index contributed by atoms with van der Waals surface area (Å²) in [6.45, 7) is 0. The van der Waals surface area contributed by atoms with Gasteiger partial charge in [-0.2, -0.15) is 0 Å². The van der Waals surface area contributed by atoms with Crippen molar-refractivity contribution in [3.8, 4) is 0 Å². The molecule has 92 valence electrons. The van der Waals surface area contributed by atoms with E-state index in [1.807, 2.05) is 0 Å². The van der Waals surface area contributed by atoms with Crippen molar-refractivity contribution in [1.82, 2.24) is 0 Å². The molecule has 0 aromatic rings. The Kier molecular flexibility index (Phi) is 15.2. The summed E-state index contributed by atoms with van der Waals surface area (Å²) in [5, 5.41) is 33.8. The normalized spacial score (nSPS) is 8.81. The summed E-state index contributed by atoms with van der Waals surface area (Å²) in [5.74, 6) is -5.02. The van der Waals surface area contributed by atoms with Crippen LogP contribution < -0.4 is 0 Å². The summed E-state index contributed by atoms with van der Waals surface area (Å²) in [7, 11) is 0. The third-order valence-electron chi connectivity index (χ3n) is 1.29. The number of aliphatic hydroxyl groups is 1. The van der Waals surface area contributed by atoms with Gasteiger partial charge < -0.3 is 25.9 Å². The molecule has 0 amide bonds. The number of carboxylic acids is 3. The van der Waals surface area contributed by atoms with Crippen LogP contribution in [0.2, 0.25) is 0 Å². The van der Waals surface area contributed by atoms with E-state index in [2.05, 4.69) is 0 Å². The second-order valence-corrected chi connectivity index (χ2v) is 2.48. The Morgan fingerprint density at radius 2 is 1.19 bits per heavy atom.